The highest BCUT2D eigenvalue weighted by molar-refractivity contribution is 7.89. The predicted molar refractivity (Wildman–Crippen MR) is 76.5 cm³/mol. The molecule has 0 aliphatic carbocycles. The van der Waals surface area contributed by atoms with E-state index in [9.17, 15) is 13.5 Å². The Morgan fingerprint density at radius 3 is 2.21 bits per heavy atom. The molecule has 0 spiro atoms. The van der Waals surface area contributed by atoms with Crippen molar-refractivity contribution in [3.05, 3.63) is 28.8 Å². The Morgan fingerprint density at radius 1 is 1.16 bits per heavy atom. The van der Waals surface area contributed by atoms with Gasteiger partial charge >= 0.3 is 0 Å². The molecule has 2 N–H and O–H groups in total. The van der Waals surface area contributed by atoms with Crippen molar-refractivity contribution in [1.29, 1.82) is 0 Å². The molecule has 0 amide bonds. The molecule has 0 saturated heterocycles. The van der Waals surface area contributed by atoms with Gasteiger partial charge in [-0.1, -0.05) is 19.9 Å². The molecule has 1 aromatic carbocycles. The maximum absolute atomic E-state index is 12.4. The lowest BCUT2D eigenvalue weighted by atomic mass is 10.1. The third-order valence-electron chi connectivity index (χ3n) is 3.43. The molecular weight excluding hydrogens is 262 g/mol. The van der Waals surface area contributed by atoms with E-state index in [2.05, 4.69) is 4.72 Å². The summed E-state index contributed by atoms with van der Waals surface area (Å²) in [7, 11) is -3.55. The van der Waals surface area contributed by atoms with Crippen molar-refractivity contribution in [2.45, 2.75) is 52.2 Å². The third kappa shape index (κ3) is 3.78. The number of aryl methyl sites for hydroxylation is 2. The summed E-state index contributed by atoms with van der Waals surface area (Å²) in [5.41, 5.74) is 2.23. The number of nitrogens with one attached hydrogen (secondary N) is 1. The van der Waals surface area contributed by atoms with E-state index in [1.807, 2.05) is 27.7 Å². The molecule has 1 aromatic rings. The molecule has 0 aromatic heterocycles. The van der Waals surface area contributed by atoms with Crippen molar-refractivity contribution in [3.8, 4) is 0 Å². The molecule has 1 atom stereocenters. The standard InChI is InChI=1S/C14H23NO3S/c1-9(2)12(5)15-19(17,18)14-7-13(8-16)10(3)6-11(14)4/h6-7,9,12,15-16H,8H2,1-5H3. The van der Waals surface area contributed by atoms with E-state index in [0.717, 1.165) is 5.56 Å². The van der Waals surface area contributed by atoms with E-state index in [4.69, 9.17) is 0 Å². The van der Waals surface area contributed by atoms with E-state index in [1.165, 1.54) is 0 Å². The van der Waals surface area contributed by atoms with Gasteiger partial charge in [0.1, 0.15) is 0 Å². The Morgan fingerprint density at radius 2 is 1.74 bits per heavy atom. The Kier molecular flexibility index (Phi) is 5.12. The number of benzene rings is 1. The van der Waals surface area contributed by atoms with Gasteiger partial charge in [0.2, 0.25) is 10.0 Å². The zero-order valence-corrected chi connectivity index (χ0v) is 13.0. The van der Waals surface area contributed by atoms with Crippen LogP contribution in [0.2, 0.25) is 0 Å². The fraction of sp³-hybridized carbons (Fsp3) is 0.571. The highest BCUT2D eigenvalue weighted by Crippen LogP contribution is 2.21. The molecule has 0 heterocycles. The fourth-order valence-electron chi connectivity index (χ4n) is 1.78. The maximum Gasteiger partial charge on any atom is 0.241 e. The van der Waals surface area contributed by atoms with E-state index in [0.29, 0.717) is 11.1 Å². The van der Waals surface area contributed by atoms with Gasteiger partial charge in [0.05, 0.1) is 11.5 Å². The number of rotatable bonds is 5. The summed E-state index contributed by atoms with van der Waals surface area (Å²) in [6.07, 6.45) is 0. The highest BCUT2D eigenvalue weighted by atomic mass is 32.2. The van der Waals surface area contributed by atoms with E-state index >= 15 is 0 Å². The molecule has 0 aliphatic heterocycles. The van der Waals surface area contributed by atoms with Gasteiger partial charge < -0.3 is 5.11 Å². The molecule has 19 heavy (non-hydrogen) atoms. The second-order valence-electron chi connectivity index (χ2n) is 5.36. The molecule has 4 nitrogen and oxygen atoms in total. The molecule has 1 unspecified atom stereocenters. The molecule has 0 bridgehead atoms. The lowest BCUT2D eigenvalue weighted by Crippen LogP contribution is -2.36. The van der Waals surface area contributed by atoms with Crippen molar-refractivity contribution in [2.75, 3.05) is 0 Å². The Bertz CT molecular complexity index is 550. The summed E-state index contributed by atoms with van der Waals surface area (Å²) in [5, 5.41) is 9.25. The summed E-state index contributed by atoms with van der Waals surface area (Å²) in [5.74, 6) is 0.220. The van der Waals surface area contributed by atoms with Gasteiger partial charge in [-0.2, -0.15) is 0 Å². The Labute approximate surface area is 115 Å². The summed E-state index contributed by atoms with van der Waals surface area (Å²) in [6, 6.07) is 3.21. The van der Waals surface area contributed by atoms with Gasteiger partial charge in [0, 0.05) is 6.04 Å². The highest BCUT2D eigenvalue weighted by Gasteiger charge is 2.22. The molecular formula is C14H23NO3S. The minimum Gasteiger partial charge on any atom is -0.392 e. The van der Waals surface area contributed by atoms with Gasteiger partial charge in [0.25, 0.3) is 0 Å². The zero-order chi connectivity index (χ0) is 14.8. The molecule has 108 valence electrons. The topological polar surface area (TPSA) is 66.4 Å². The van der Waals surface area contributed by atoms with E-state index in [1.54, 1.807) is 19.1 Å². The number of hydrogen-bond acceptors (Lipinski definition) is 3. The second-order valence-corrected chi connectivity index (χ2v) is 7.04. The number of aliphatic hydroxyl groups is 1. The van der Waals surface area contributed by atoms with Crippen LogP contribution in [-0.4, -0.2) is 19.6 Å². The van der Waals surface area contributed by atoms with Crippen LogP contribution >= 0.6 is 0 Å². The quantitative estimate of drug-likeness (QED) is 0.871. The summed E-state index contributed by atoms with van der Waals surface area (Å²) in [4.78, 5) is 0.245. The van der Waals surface area contributed by atoms with Crippen LogP contribution in [0.15, 0.2) is 17.0 Å². The Hall–Kier alpha value is -0.910. The lowest BCUT2D eigenvalue weighted by Gasteiger charge is -2.19. The maximum atomic E-state index is 12.4. The molecule has 0 radical (unpaired) electrons. The van der Waals surface area contributed by atoms with Crippen LogP contribution < -0.4 is 4.72 Å². The molecule has 1 rings (SSSR count). The summed E-state index contributed by atoms with van der Waals surface area (Å²) >= 11 is 0. The van der Waals surface area contributed by atoms with Crippen LogP contribution in [0.3, 0.4) is 0 Å². The van der Waals surface area contributed by atoms with E-state index < -0.39 is 10.0 Å². The van der Waals surface area contributed by atoms with Crippen LogP contribution in [0.1, 0.15) is 37.5 Å². The normalized spacial score (nSPS) is 13.8. The summed E-state index contributed by atoms with van der Waals surface area (Å²) in [6.45, 7) is 9.25. The Balaban J connectivity index is 3.21. The van der Waals surface area contributed by atoms with Gasteiger partial charge in [-0.05, 0) is 49.4 Å². The average Bonchev–Trinajstić information content (AvgIpc) is 2.27. The van der Waals surface area contributed by atoms with Crippen molar-refractivity contribution in [2.24, 2.45) is 5.92 Å². The minimum atomic E-state index is -3.55. The lowest BCUT2D eigenvalue weighted by molar-refractivity contribution is 0.280. The third-order valence-corrected chi connectivity index (χ3v) is 5.14. The molecule has 0 saturated carbocycles. The van der Waals surface area contributed by atoms with Crippen LogP contribution in [0, 0.1) is 19.8 Å². The average molecular weight is 285 g/mol. The molecule has 5 heteroatoms. The van der Waals surface area contributed by atoms with Crippen molar-refractivity contribution < 1.29 is 13.5 Å². The van der Waals surface area contributed by atoms with Crippen molar-refractivity contribution >= 4 is 10.0 Å². The van der Waals surface area contributed by atoms with Crippen molar-refractivity contribution in [1.82, 2.24) is 4.72 Å². The predicted octanol–water partition coefficient (Wildman–Crippen LogP) is 2.12. The smallest absolute Gasteiger partial charge is 0.241 e. The van der Waals surface area contributed by atoms with Gasteiger partial charge in [0.15, 0.2) is 0 Å². The monoisotopic (exact) mass is 285 g/mol. The first-order valence-electron chi connectivity index (χ1n) is 6.42. The molecule has 0 fully saturated rings. The molecule has 0 aliphatic rings. The van der Waals surface area contributed by atoms with Gasteiger partial charge in [-0.15, -0.1) is 0 Å². The van der Waals surface area contributed by atoms with E-state index in [-0.39, 0.29) is 23.5 Å². The van der Waals surface area contributed by atoms with Crippen molar-refractivity contribution in [3.63, 3.8) is 0 Å². The first-order valence-corrected chi connectivity index (χ1v) is 7.90. The number of hydrogen-bond donors (Lipinski definition) is 2. The minimum absolute atomic E-state index is 0.136. The first-order chi connectivity index (χ1) is 8.69. The number of sulfonamides is 1. The van der Waals surface area contributed by atoms with Gasteiger partial charge in [-0.3, -0.25) is 0 Å². The van der Waals surface area contributed by atoms with Crippen LogP contribution in [-0.2, 0) is 16.6 Å². The summed E-state index contributed by atoms with van der Waals surface area (Å²) < 4.78 is 27.4. The largest absolute Gasteiger partial charge is 0.392 e. The van der Waals surface area contributed by atoms with Gasteiger partial charge in [-0.25, -0.2) is 13.1 Å². The van der Waals surface area contributed by atoms with Crippen LogP contribution in [0.5, 0.6) is 0 Å². The van der Waals surface area contributed by atoms with Crippen LogP contribution in [0.4, 0.5) is 0 Å². The van der Waals surface area contributed by atoms with Crippen LogP contribution in [0.25, 0.3) is 0 Å². The first kappa shape index (κ1) is 16.1. The second kappa shape index (κ2) is 6.03. The SMILES string of the molecule is Cc1cc(C)c(S(=O)(=O)NC(C)C(C)C)cc1CO. The zero-order valence-electron chi connectivity index (χ0n) is 12.2. The number of aliphatic hydroxyl groups excluding tert-OH is 1. The fourth-order valence-corrected chi connectivity index (χ4v) is 3.45.